The second-order valence-corrected chi connectivity index (χ2v) is 5.58. The van der Waals surface area contributed by atoms with E-state index in [9.17, 15) is 0 Å². The molecule has 2 aliphatic heterocycles. The highest BCUT2D eigenvalue weighted by Crippen LogP contribution is 2.60. The van der Waals surface area contributed by atoms with E-state index in [0.29, 0.717) is 0 Å². The molecule has 2 heterocycles. The van der Waals surface area contributed by atoms with Gasteiger partial charge < -0.3 is 0 Å². The third-order valence-corrected chi connectivity index (χ3v) is 5.47. The van der Waals surface area contributed by atoms with Gasteiger partial charge in [0.15, 0.2) is 0 Å². The number of hydrogen-bond donors (Lipinski definition) is 0. The molecule has 0 spiro atoms. The fourth-order valence-electron chi connectivity index (χ4n) is 3.01. The zero-order chi connectivity index (χ0) is 9.00. The average Bonchev–Trinajstić information content (AvgIpc) is 2.18. The molecular formula is C12H14S. The van der Waals surface area contributed by atoms with Crippen molar-refractivity contribution in [3.63, 3.8) is 0 Å². The van der Waals surface area contributed by atoms with Crippen molar-refractivity contribution in [3.05, 3.63) is 29.8 Å². The Morgan fingerprint density at radius 2 is 1.77 bits per heavy atom. The van der Waals surface area contributed by atoms with E-state index < -0.39 is 0 Å². The summed E-state index contributed by atoms with van der Waals surface area (Å²) in [5, 5.41) is 0.889. The van der Waals surface area contributed by atoms with Crippen LogP contribution in [0.5, 0.6) is 0 Å². The van der Waals surface area contributed by atoms with Gasteiger partial charge in [0.2, 0.25) is 0 Å². The first-order valence-electron chi connectivity index (χ1n) is 5.04. The summed E-state index contributed by atoms with van der Waals surface area (Å²) in [6.07, 6.45) is 0. The molecule has 0 radical (unpaired) electrons. The van der Waals surface area contributed by atoms with Crippen molar-refractivity contribution in [2.45, 2.75) is 29.9 Å². The van der Waals surface area contributed by atoms with Gasteiger partial charge in [-0.1, -0.05) is 32.0 Å². The molecule has 1 aliphatic carbocycles. The molecule has 2 unspecified atom stereocenters. The molecule has 1 saturated carbocycles. The van der Waals surface area contributed by atoms with Crippen LogP contribution in [-0.4, -0.2) is 5.25 Å². The van der Waals surface area contributed by atoms with Crippen molar-refractivity contribution in [3.8, 4) is 0 Å². The van der Waals surface area contributed by atoms with E-state index in [-0.39, 0.29) is 0 Å². The Balaban J connectivity index is 2.11. The average molecular weight is 190 g/mol. The van der Waals surface area contributed by atoms with Crippen LogP contribution in [0.15, 0.2) is 29.2 Å². The molecule has 4 rings (SSSR count). The van der Waals surface area contributed by atoms with Gasteiger partial charge in [0, 0.05) is 10.1 Å². The first kappa shape index (κ1) is 7.93. The first-order chi connectivity index (χ1) is 6.29. The summed E-state index contributed by atoms with van der Waals surface area (Å²) >= 11 is 2.09. The van der Waals surface area contributed by atoms with Crippen LogP contribution in [0.4, 0.5) is 0 Å². The summed E-state index contributed by atoms with van der Waals surface area (Å²) in [7, 11) is 0. The Bertz CT molecular complexity index is 335. The van der Waals surface area contributed by atoms with Crippen molar-refractivity contribution >= 4 is 11.8 Å². The molecule has 13 heavy (non-hydrogen) atoms. The van der Waals surface area contributed by atoms with Crippen LogP contribution in [0.1, 0.15) is 25.3 Å². The van der Waals surface area contributed by atoms with Gasteiger partial charge in [0.1, 0.15) is 0 Å². The molecule has 1 fully saturated rings. The quantitative estimate of drug-likeness (QED) is 0.603. The predicted octanol–water partition coefficient (Wildman–Crippen LogP) is 3.53. The molecule has 0 N–H and O–H groups in total. The highest BCUT2D eigenvalue weighted by Gasteiger charge is 2.50. The van der Waals surface area contributed by atoms with Gasteiger partial charge in [-0.25, -0.2) is 0 Å². The fourth-order valence-corrected chi connectivity index (χ4v) is 4.57. The molecule has 3 aliphatic rings. The molecule has 68 valence electrons. The van der Waals surface area contributed by atoms with E-state index in [2.05, 4.69) is 49.9 Å². The minimum atomic E-state index is 0.849. The van der Waals surface area contributed by atoms with Crippen molar-refractivity contribution in [2.75, 3.05) is 0 Å². The summed E-state index contributed by atoms with van der Waals surface area (Å²) in [4.78, 5) is 1.54. The lowest BCUT2D eigenvalue weighted by Gasteiger charge is -2.53. The second kappa shape index (κ2) is 2.54. The summed E-state index contributed by atoms with van der Waals surface area (Å²) in [6.45, 7) is 4.80. The smallest absolute Gasteiger partial charge is 0.0158 e. The van der Waals surface area contributed by atoms with Gasteiger partial charge in [-0.3, -0.25) is 0 Å². The molecule has 2 bridgehead atoms. The van der Waals surface area contributed by atoms with E-state index in [1.54, 1.807) is 5.56 Å². The van der Waals surface area contributed by atoms with Crippen molar-refractivity contribution in [1.82, 2.24) is 0 Å². The molecule has 2 atom stereocenters. The standard InChI is InChI=1S/C12H14S/c1-7-11-8(2)12(7)13-10-6-4-3-5-9(10)11/h3-8,11-12H,1-2H3. The van der Waals surface area contributed by atoms with Crippen molar-refractivity contribution < 1.29 is 0 Å². The molecule has 1 aromatic rings. The minimum Gasteiger partial charge on any atom is -0.122 e. The van der Waals surface area contributed by atoms with E-state index in [1.807, 2.05) is 0 Å². The van der Waals surface area contributed by atoms with Gasteiger partial charge in [-0.2, -0.15) is 0 Å². The fraction of sp³-hybridized carbons (Fsp3) is 0.500. The van der Waals surface area contributed by atoms with Gasteiger partial charge in [0.05, 0.1) is 0 Å². The van der Waals surface area contributed by atoms with Crippen LogP contribution in [0.3, 0.4) is 0 Å². The maximum Gasteiger partial charge on any atom is 0.0158 e. The Hall–Kier alpha value is -0.430. The number of hydrogen-bond acceptors (Lipinski definition) is 1. The maximum absolute atomic E-state index is 2.40. The SMILES string of the molecule is CC1C2Sc3ccccc3C1C2C. The Kier molecular flexibility index (Phi) is 1.55. The number of thioether (sulfide) groups is 1. The van der Waals surface area contributed by atoms with Crippen LogP contribution in [0.2, 0.25) is 0 Å². The largest absolute Gasteiger partial charge is 0.122 e. The summed E-state index contributed by atoms with van der Waals surface area (Å²) in [5.74, 6) is 2.65. The molecular weight excluding hydrogens is 176 g/mol. The molecule has 0 nitrogen and oxygen atoms in total. The second-order valence-electron chi connectivity index (χ2n) is 4.36. The Morgan fingerprint density at radius 3 is 2.54 bits per heavy atom. The van der Waals surface area contributed by atoms with E-state index in [4.69, 9.17) is 0 Å². The zero-order valence-electron chi connectivity index (χ0n) is 8.03. The lowest BCUT2D eigenvalue weighted by atomic mass is 9.62. The summed E-state index contributed by atoms with van der Waals surface area (Å²) in [5.41, 5.74) is 1.61. The topological polar surface area (TPSA) is 0 Å². The zero-order valence-corrected chi connectivity index (χ0v) is 8.84. The normalized spacial score (nSPS) is 40.8. The third kappa shape index (κ3) is 0.887. The van der Waals surface area contributed by atoms with E-state index in [1.165, 1.54) is 4.90 Å². The third-order valence-electron chi connectivity index (χ3n) is 3.71. The van der Waals surface area contributed by atoms with Gasteiger partial charge >= 0.3 is 0 Å². The number of benzene rings is 1. The van der Waals surface area contributed by atoms with Gasteiger partial charge in [0.25, 0.3) is 0 Å². The Morgan fingerprint density at radius 1 is 1.08 bits per heavy atom. The van der Waals surface area contributed by atoms with E-state index in [0.717, 1.165) is 23.0 Å². The lowest BCUT2D eigenvalue weighted by molar-refractivity contribution is 0.180. The summed E-state index contributed by atoms with van der Waals surface area (Å²) in [6, 6.07) is 8.93. The lowest BCUT2D eigenvalue weighted by Crippen LogP contribution is -2.47. The van der Waals surface area contributed by atoms with Crippen LogP contribution in [0, 0.1) is 11.8 Å². The minimum absolute atomic E-state index is 0.849. The molecule has 1 heteroatoms. The summed E-state index contributed by atoms with van der Waals surface area (Å²) < 4.78 is 0. The maximum atomic E-state index is 2.40. The van der Waals surface area contributed by atoms with Crippen LogP contribution < -0.4 is 0 Å². The van der Waals surface area contributed by atoms with Crippen LogP contribution in [-0.2, 0) is 0 Å². The van der Waals surface area contributed by atoms with E-state index >= 15 is 0 Å². The highest BCUT2D eigenvalue weighted by atomic mass is 32.2. The highest BCUT2D eigenvalue weighted by molar-refractivity contribution is 8.00. The van der Waals surface area contributed by atoms with Crippen LogP contribution in [0.25, 0.3) is 0 Å². The van der Waals surface area contributed by atoms with Gasteiger partial charge in [-0.05, 0) is 29.4 Å². The molecule has 0 aromatic heterocycles. The van der Waals surface area contributed by atoms with Crippen LogP contribution >= 0.6 is 11.8 Å². The molecule has 1 aromatic carbocycles. The molecule has 0 saturated heterocycles. The van der Waals surface area contributed by atoms with Gasteiger partial charge in [-0.15, -0.1) is 11.8 Å². The monoisotopic (exact) mass is 190 g/mol. The predicted molar refractivity (Wildman–Crippen MR) is 57.2 cm³/mol. The number of rotatable bonds is 0. The molecule has 0 amide bonds. The van der Waals surface area contributed by atoms with Crippen molar-refractivity contribution in [1.29, 1.82) is 0 Å². The van der Waals surface area contributed by atoms with Crippen molar-refractivity contribution in [2.24, 2.45) is 11.8 Å². The first-order valence-corrected chi connectivity index (χ1v) is 5.92. The Labute approximate surface area is 83.7 Å².